The molecule has 2 N–H and O–H groups in total. The van der Waals surface area contributed by atoms with Crippen LogP contribution >= 0.6 is 0 Å². The Morgan fingerprint density at radius 1 is 1.07 bits per heavy atom. The molecule has 0 aliphatic carbocycles. The molecule has 28 heavy (non-hydrogen) atoms. The summed E-state index contributed by atoms with van der Waals surface area (Å²) in [5.74, 6) is 0.379. The first-order valence-corrected chi connectivity index (χ1v) is 11.0. The van der Waals surface area contributed by atoms with E-state index in [0.29, 0.717) is 25.4 Å². The molecule has 0 bridgehead atoms. The van der Waals surface area contributed by atoms with Gasteiger partial charge in [0.05, 0.1) is 0 Å². The number of aliphatic hydroxyl groups is 1. The molecule has 2 fully saturated rings. The van der Waals surface area contributed by atoms with Crippen LogP contribution in [0.2, 0.25) is 0 Å². The van der Waals surface area contributed by atoms with Crippen molar-refractivity contribution >= 4 is 5.91 Å². The molecule has 5 nitrogen and oxygen atoms in total. The average molecular weight is 388 g/mol. The van der Waals surface area contributed by atoms with Crippen molar-refractivity contribution in [3.63, 3.8) is 0 Å². The molecule has 0 aromatic heterocycles. The van der Waals surface area contributed by atoms with Crippen molar-refractivity contribution in [3.8, 4) is 0 Å². The maximum Gasteiger partial charge on any atom is 0.256 e. The summed E-state index contributed by atoms with van der Waals surface area (Å²) in [7, 11) is 0. The van der Waals surface area contributed by atoms with E-state index in [1.54, 1.807) is 0 Å². The van der Waals surface area contributed by atoms with Gasteiger partial charge in [-0.3, -0.25) is 4.79 Å². The largest absolute Gasteiger partial charge is 0.379 e. The van der Waals surface area contributed by atoms with Gasteiger partial charge in [0.1, 0.15) is 0 Å². The van der Waals surface area contributed by atoms with Crippen LogP contribution in [0.4, 0.5) is 0 Å². The van der Waals surface area contributed by atoms with E-state index in [4.69, 9.17) is 0 Å². The van der Waals surface area contributed by atoms with Gasteiger partial charge in [-0.2, -0.15) is 0 Å². The van der Waals surface area contributed by atoms with Crippen molar-refractivity contribution in [2.45, 2.75) is 64.0 Å². The van der Waals surface area contributed by atoms with E-state index < -0.39 is 5.60 Å². The van der Waals surface area contributed by atoms with Gasteiger partial charge in [0.15, 0.2) is 5.60 Å². The van der Waals surface area contributed by atoms with Crippen molar-refractivity contribution in [1.29, 1.82) is 0 Å². The minimum Gasteiger partial charge on any atom is -0.379 e. The summed E-state index contributed by atoms with van der Waals surface area (Å²) in [6, 6.07) is 8.49. The lowest BCUT2D eigenvalue weighted by Crippen LogP contribution is -2.58. The third-order valence-electron chi connectivity index (χ3n) is 6.19. The first-order chi connectivity index (χ1) is 13.5. The summed E-state index contributed by atoms with van der Waals surface area (Å²) in [5.41, 5.74) is 1.17. The minimum atomic E-state index is -1.27. The Morgan fingerprint density at radius 3 is 2.46 bits per heavy atom. The van der Waals surface area contributed by atoms with Crippen LogP contribution < -0.4 is 5.32 Å². The average Bonchev–Trinajstić information content (AvgIpc) is 2.70. The topological polar surface area (TPSA) is 55.8 Å². The molecule has 0 saturated carbocycles. The standard InChI is InChI=1S/C23H37N3O2/c1-19(2)21-9-7-20(8-10-21)17-26-15-6-11-23(28,22(26)27)18-24-12-16-25-13-4-3-5-14-25/h7-10,19,24,28H,3-6,11-18H2,1-2H3. The van der Waals surface area contributed by atoms with E-state index in [-0.39, 0.29) is 5.91 Å². The molecule has 5 heteroatoms. The highest BCUT2D eigenvalue weighted by molar-refractivity contribution is 5.86. The molecular weight excluding hydrogens is 350 g/mol. The van der Waals surface area contributed by atoms with Gasteiger partial charge < -0.3 is 20.2 Å². The van der Waals surface area contributed by atoms with Gasteiger partial charge in [-0.25, -0.2) is 0 Å². The zero-order valence-electron chi connectivity index (χ0n) is 17.6. The second-order valence-electron chi connectivity index (χ2n) is 8.84. The first-order valence-electron chi connectivity index (χ1n) is 11.0. The number of likely N-dealkylation sites (tertiary alicyclic amines) is 2. The molecule has 2 aliphatic rings. The van der Waals surface area contributed by atoms with Crippen LogP contribution in [-0.4, -0.2) is 65.7 Å². The van der Waals surface area contributed by atoms with Gasteiger partial charge in [0.2, 0.25) is 0 Å². The third kappa shape index (κ3) is 5.56. The molecule has 2 heterocycles. The summed E-state index contributed by atoms with van der Waals surface area (Å²) in [6.45, 7) is 10.2. The predicted molar refractivity (Wildman–Crippen MR) is 113 cm³/mol. The van der Waals surface area contributed by atoms with Crippen LogP contribution in [0.3, 0.4) is 0 Å². The maximum atomic E-state index is 12.9. The lowest BCUT2D eigenvalue weighted by Gasteiger charge is -2.38. The predicted octanol–water partition coefficient (Wildman–Crippen LogP) is 2.74. The molecular formula is C23H37N3O2. The van der Waals surface area contributed by atoms with Crippen LogP contribution in [0.25, 0.3) is 0 Å². The Bertz CT molecular complexity index is 625. The van der Waals surface area contributed by atoms with Crippen LogP contribution in [0.5, 0.6) is 0 Å². The van der Waals surface area contributed by atoms with Gasteiger partial charge in [-0.15, -0.1) is 0 Å². The van der Waals surface area contributed by atoms with E-state index in [1.807, 2.05) is 4.90 Å². The van der Waals surface area contributed by atoms with Crippen LogP contribution in [0.1, 0.15) is 63.0 Å². The highest BCUT2D eigenvalue weighted by Crippen LogP contribution is 2.24. The first kappa shape index (κ1) is 21.3. The van der Waals surface area contributed by atoms with Crippen molar-refractivity contribution in [3.05, 3.63) is 35.4 Å². The fourth-order valence-corrected chi connectivity index (χ4v) is 4.32. The zero-order chi connectivity index (χ0) is 20.0. The number of rotatable bonds is 8. The molecule has 1 amide bonds. The maximum absolute atomic E-state index is 12.9. The molecule has 156 valence electrons. The molecule has 3 rings (SSSR count). The molecule has 1 aromatic rings. The molecule has 1 unspecified atom stereocenters. The molecule has 2 saturated heterocycles. The number of nitrogens with one attached hydrogen (secondary N) is 1. The smallest absolute Gasteiger partial charge is 0.256 e. The van der Waals surface area contributed by atoms with E-state index in [9.17, 15) is 9.90 Å². The SMILES string of the molecule is CC(C)c1ccc(CN2CCCC(O)(CNCCN3CCCCC3)C2=O)cc1. The van der Waals surface area contributed by atoms with Crippen molar-refractivity contribution in [1.82, 2.24) is 15.1 Å². The highest BCUT2D eigenvalue weighted by atomic mass is 16.3. The minimum absolute atomic E-state index is 0.128. The van der Waals surface area contributed by atoms with Crippen molar-refractivity contribution in [2.24, 2.45) is 0 Å². The van der Waals surface area contributed by atoms with Crippen molar-refractivity contribution < 1.29 is 9.90 Å². The number of carbonyl (C=O) groups excluding carboxylic acids is 1. The number of amides is 1. The lowest BCUT2D eigenvalue weighted by atomic mass is 9.91. The van der Waals surface area contributed by atoms with Gasteiger partial charge in [-0.1, -0.05) is 44.5 Å². The molecule has 0 radical (unpaired) electrons. The number of nitrogens with zero attached hydrogens (tertiary/aromatic N) is 2. The van der Waals surface area contributed by atoms with E-state index >= 15 is 0 Å². The molecule has 0 spiro atoms. The number of hydrogen-bond donors (Lipinski definition) is 2. The Hall–Kier alpha value is -1.43. The van der Waals surface area contributed by atoms with Gasteiger partial charge in [0.25, 0.3) is 5.91 Å². The fourth-order valence-electron chi connectivity index (χ4n) is 4.32. The van der Waals surface area contributed by atoms with Crippen LogP contribution in [0, 0.1) is 0 Å². The lowest BCUT2D eigenvalue weighted by molar-refractivity contribution is -0.157. The Morgan fingerprint density at radius 2 is 1.79 bits per heavy atom. The fraction of sp³-hybridized carbons (Fsp3) is 0.696. The number of piperidine rings is 2. The normalized spacial score (nSPS) is 24.1. The third-order valence-corrected chi connectivity index (χ3v) is 6.19. The number of carbonyl (C=O) groups is 1. The van der Waals surface area contributed by atoms with E-state index in [0.717, 1.165) is 31.6 Å². The van der Waals surface area contributed by atoms with E-state index in [2.05, 4.69) is 48.3 Å². The van der Waals surface area contributed by atoms with Gasteiger partial charge in [0, 0.05) is 32.7 Å². The number of benzene rings is 1. The second kappa shape index (κ2) is 9.86. The summed E-state index contributed by atoms with van der Waals surface area (Å²) < 4.78 is 0. The molecule has 2 aliphatic heterocycles. The summed E-state index contributed by atoms with van der Waals surface area (Å²) in [5, 5.41) is 14.3. The van der Waals surface area contributed by atoms with Crippen molar-refractivity contribution in [2.75, 3.05) is 39.3 Å². The Labute approximate surface area is 170 Å². The van der Waals surface area contributed by atoms with Crippen LogP contribution in [-0.2, 0) is 11.3 Å². The Kier molecular flexibility index (Phi) is 7.49. The number of hydrogen-bond acceptors (Lipinski definition) is 4. The van der Waals surface area contributed by atoms with E-state index in [1.165, 1.54) is 37.9 Å². The molecule has 1 atom stereocenters. The quantitative estimate of drug-likeness (QED) is 0.674. The second-order valence-corrected chi connectivity index (χ2v) is 8.84. The monoisotopic (exact) mass is 387 g/mol. The summed E-state index contributed by atoms with van der Waals surface area (Å²) in [4.78, 5) is 17.2. The summed E-state index contributed by atoms with van der Waals surface area (Å²) in [6.07, 6.45) is 5.31. The van der Waals surface area contributed by atoms with Crippen LogP contribution in [0.15, 0.2) is 24.3 Å². The molecule has 1 aromatic carbocycles. The highest BCUT2D eigenvalue weighted by Gasteiger charge is 2.41. The van der Waals surface area contributed by atoms with Gasteiger partial charge >= 0.3 is 0 Å². The Balaban J connectivity index is 1.49. The van der Waals surface area contributed by atoms with Gasteiger partial charge in [-0.05, 0) is 55.8 Å². The summed E-state index contributed by atoms with van der Waals surface area (Å²) >= 11 is 0. The zero-order valence-corrected chi connectivity index (χ0v) is 17.6.